The average molecular weight is 389 g/mol. The van der Waals surface area contributed by atoms with E-state index in [4.69, 9.17) is 29.4 Å². The number of hydrogen-bond donors (Lipinski definition) is 2. The first kappa shape index (κ1) is 21.0. The van der Waals surface area contributed by atoms with Crippen molar-refractivity contribution >= 4 is 5.96 Å². The Morgan fingerprint density at radius 3 is 2.07 bits per heavy atom. The van der Waals surface area contributed by atoms with Crippen LogP contribution in [0.15, 0.2) is 35.3 Å². The summed E-state index contributed by atoms with van der Waals surface area (Å²) >= 11 is 0. The molecule has 0 heterocycles. The zero-order valence-electron chi connectivity index (χ0n) is 16.9. The Bertz CT molecular complexity index is 824. The van der Waals surface area contributed by atoms with Crippen molar-refractivity contribution in [1.82, 2.24) is 5.32 Å². The predicted molar refractivity (Wildman–Crippen MR) is 108 cm³/mol. The van der Waals surface area contributed by atoms with E-state index in [0.29, 0.717) is 47.8 Å². The van der Waals surface area contributed by atoms with E-state index in [2.05, 4.69) is 10.3 Å². The Labute approximate surface area is 165 Å². The second-order valence-electron chi connectivity index (χ2n) is 5.74. The van der Waals surface area contributed by atoms with Gasteiger partial charge in [-0.05, 0) is 29.8 Å². The zero-order chi connectivity index (χ0) is 20.5. The van der Waals surface area contributed by atoms with Crippen molar-refractivity contribution in [2.75, 3.05) is 35.5 Å². The molecule has 2 aromatic carbocycles. The molecule has 8 heteroatoms. The number of aliphatic imine (C=N–C) groups is 1. The molecule has 152 valence electrons. The van der Waals surface area contributed by atoms with Crippen molar-refractivity contribution in [1.29, 1.82) is 0 Å². The molecular formula is C20H27N3O5. The lowest BCUT2D eigenvalue weighted by atomic mass is 10.1. The maximum atomic E-state index is 6.00. The standard InChI is InChI=1S/C20H27N3O5/c1-24-15-8-6-13(10-17(15)26-3)11-22-20(21)23-12-14-7-9-16(25-2)19(28-5)18(14)27-4/h6-10H,11-12H2,1-5H3,(H3,21,22,23). The van der Waals surface area contributed by atoms with Gasteiger partial charge in [-0.2, -0.15) is 0 Å². The molecule has 0 bridgehead atoms. The normalized spacial score (nSPS) is 11.0. The highest BCUT2D eigenvalue weighted by atomic mass is 16.5. The molecule has 0 radical (unpaired) electrons. The van der Waals surface area contributed by atoms with E-state index in [1.54, 1.807) is 35.5 Å². The molecule has 0 aliphatic carbocycles. The minimum Gasteiger partial charge on any atom is -0.493 e. The topological polar surface area (TPSA) is 96.6 Å². The molecule has 0 aliphatic rings. The van der Waals surface area contributed by atoms with Crippen LogP contribution in [0.2, 0.25) is 0 Å². The molecule has 0 amide bonds. The van der Waals surface area contributed by atoms with Gasteiger partial charge < -0.3 is 34.7 Å². The second kappa shape index (κ2) is 10.1. The van der Waals surface area contributed by atoms with Crippen LogP contribution in [-0.4, -0.2) is 41.5 Å². The Kier molecular flexibility index (Phi) is 7.62. The molecule has 0 fully saturated rings. The lowest BCUT2D eigenvalue weighted by Gasteiger charge is -2.16. The summed E-state index contributed by atoms with van der Waals surface area (Å²) in [5.74, 6) is 3.34. The van der Waals surface area contributed by atoms with Crippen LogP contribution < -0.4 is 34.7 Å². The molecule has 0 saturated carbocycles. The molecule has 0 saturated heterocycles. The molecule has 2 rings (SSSR count). The van der Waals surface area contributed by atoms with Crippen molar-refractivity contribution in [2.24, 2.45) is 10.7 Å². The third-order valence-corrected chi connectivity index (χ3v) is 4.13. The average Bonchev–Trinajstić information content (AvgIpc) is 2.74. The van der Waals surface area contributed by atoms with Gasteiger partial charge in [-0.25, -0.2) is 4.99 Å². The summed E-state index contributed by atoms with van der Waals surface area (Å²) in [5.41, 5.74) is 7.82. The summed E-state index contributed by atoms with van der Waals surface area (Å²) < 4.78 is 26.7. The Morgan fingerprint density at radius 2 is 1.46 bits per heavy atom. The summed E-state index contributed by atoms with van der Waals surface area (Å²) in [6.07, 6.45) is 0. The van der Waals surface area contributed by atoms with Crippen LogP contribution in [-0.2, 0) is 13.1 Å². The number of ether oxygens (including phenoxy) is 5. The number of rotatable bonds is 9. The van der Waals surface area contributed by atoms with Gasteiger partial charge in [-0.1, -0.05) is 6.07 Å². The largest absolute Gasteiger partial charge is 0.493 e. The van der Waals surface area contributed by atoms with Gasteiger partial charge in [-0.15, -0.1) is 0 Å². The van der Waals surface area contributed by atoms with Crippen molar-refractivity contribution < 1.29 is 23.7 Å². The van der Waals surface area contributed by atoms with Gasteiger partial charge in [0.25, 0.3) is 0 Å². The summed E-state index contributed by atoms with van der Waals surface area (Å²) in [7, 11) is 7.91. The first-order chi connectivity index (χ1) is 13.6. The van der Waals surface area contributed by atoms with Crippen LogP contribution in [0, 0.1) is 0 Å². The van der Waals surface area contributed by atoms with Crippen molar-refractivity contribution in [2.45, 2.75) is 13.1 Å². The number of hydrogen-bond acceptors (Lipinski definition) is 6. The van der Waals surface area contributed by atoms with Gasteiger partial charge in [-0.3, -0.25) is 0 Å². The number of nitrogens with zero attached hydrogens (tertiary/aromatic N) is 1. The summed E-state index contributed by atoms with van der Waals surface area (Å²) in [4.78, 5) is 4.36. The van der Waals surface area contributed by atoms with Gasteiger partial charge in [0.2, 0.25) is 5.75 Å². The molecule has 0 aromatic heterocycles. The third-order valence-electron chi connectivity index (χ3n) is 4.13. The van der Waals surface area contributed by atoms with Gasteiger partial charge in [0, 0.05) is 12.1 Å². The van der Waals surface area contributed by atoms with E-state index >= 15 is 0 Å². The molecule has 2 aromatic rings. The fourth-order valence-electron chi connectivity index (χ4n) is 2.70. The predicted octanol–water partition coefficient (Wildman–Crippen LogP) is 2.33. The zero-order valence-corrected chi connectivity index (χ0v) is 16.9. The fourth-order valence-corrected chi connectivity index (χ4v) is 2.70. The maximum absolute atomic E-state index is 6.00. The minimum absolute atomic E-state index is 0.312. The molecule has 3 N–H and O–H groups in total. The van der Waals surface area contributed by atoms with E-state index in [0.717, 1.165) is 11.1 Å². The molecular weight excluding hydrogens is 362 g/mol. The monoisotopic (exact) mass is 389 g/mol. The minimum atomic E-state index is 0.312. The first-order valence-corrected chi connectivity index (χ1v) is 8.60. The summed E-state index contributed by atoms with van der Waals surface area (Å²) in [6.45, 7) is 0.826. The van der Waals surface area contributed by atoms with Crippen molar-refractivity contribution in [3.05, 3.63) is 41.5 Å². The lowest BCUT2D eigenvalue weighted by molar-refractivity contribution is 0.322. The Morgan fingerprint density at radius 1 is 0.821 bits per heavy atom. The number of benzene rings is 2. The molecule has 8 nitrogen and oxygen atoms in total. The van der Waals surface area contributed by atoms with Crippen LogP contribution in [0.3, 0.4) is 0 Å². The van der Waals surface area contributed by atoms with Crippen LogP contribution in [0.4, 0.5) is 0 Å². The highest BCUT2D eigenvalue weighted by Crippen LogP contribution is 2.39. The van der Waals surface area contributed by atoms with E-state index in [-0.39, 0.29) is 0 Å². The number of guanidine groups is 1. The second-order valence-corrected chi connectivity index (χ2v) is 5.74. The van der Waals surface area contributed by atoms with Crippen LogP contribution in [0.5, 0.6) is 28.7 Å². The number of nitrogens with two attached hydrogens (primary N) is 1. The molecule has 28 heavy (non-hydrogen) atoms. The van der Waals surface area contributed by atoms with Crippen molar-refractivity contribution in [3.8, 4) is 28.7 Å². The number of nitrogens with one attached hydrogen (secondary N) is 1. The molecule has 0 aliphatic heterocycles. The van der Waals surface area contributed by atoms with Crippen molar-refractivity contribution in [3.63, 3.8) is 0 Å². The molecule has 0 unspecified atom stereocenters. The van der Waals surface area contributed by atoms with E-state index in [9.17, 15) is 0 Å². The highest BCUT2D eigenvalue weighted by Gasteiger charge is 2.15. The van der Waals surface area contributed by atoms with Crippen LogP contribution in [0.1, 0.15) is 11.1 Å². The lowest BCUT2D eigenvalue weighted by Crippen LogP contribution is -2.31. The summed E-state index contributed by atoms with van der Waals surface area (Å²) in [5, 5.41) is 3.08. The summed E-state index contributed by atoms with van der Waals surface area (Å²) in [6, 6.07) is 9.31. The third kappa shape index (κ3) is 4.91. The van der Waals surface area contributed by atoms with Crippen LogP contribution in [0.25, 0.3) is 0 Å². The van der Waals surface area contributed by atoms with Gasteiger partial charge in [0.1, 0.15) is 0 Å². The van der Waals surface area contributed by atoms with Crippen LogP contribution >= 0.6 is 0 Å². The van der Waals surface area contributed by atoms with E-state index < -0.39 is 0 Å². The SMILES string of the molecule is COc1ccc(CN=C(N)NCc2ccc(OC)c(OC)c2OC)cc1OC. The quantitative estimate of drug-likeness (QED) is 0.502. The maximum Gasteiger partial charge on any atom is 0.203 e. The van der Waals surface area contributed by atoms with Gasteiger partial charge in [0.15, 0.2) is 29.0 Å². The van der Waals surface area contributed by atoms with Gasteiger partial charge >= 0.3 is 0 Å². The van der Waals surface area contributed by atoms with E-state index in [1.165, 1.54) is 0 Å². The molecule has 0 atom stereocenters. The Balaban J connectivity index is 2.07. The highest BCUT2D eigenvalue weighted by molar-refractivity contribution is 5.78. The molecule has 0 spiro atoms. The number of methoxy groups -OCH3 is 5. The van der Waals surface area contributed by atoms with E-state index in [1.807, 2.05) is 30.3 Å². The van der Waals surface area contributed by atoms with Gasteiger partial charge in [0.05, 0.1) is 42.1 Å². The Hall–Kier alpha value is -3.29. The fraction of sp³-hybridized carbons (Fsp3) is 0.350. The first-order valence-electron chi connectivity index (χ1n) is 8.60. The smallest absolute Gasteiger partial charge is 0.203 e.